The number of hydrogen-bond acceptors (Lipinski definition) is 3. The Kier molecular flexibility index (Phi) is 5.49. The predicted molar refractivity (Wildman–Crippen MR) is 83.0 cm³/mol. The molecule has 0 saturated heterocycles. The van der Waals surface area contributed by atoms with Crippen molar-refractivity contribution in [3.63, 3.8) is 0 Å². The summed E-state index contributed by atoms with van der Waals surface area (Å²) < 4.78 is 12.3. The molecule has 0 aromatic carbocycles. The second kappa shape index (κ2) is 6.76. The van der Waals surface area contributed by atoms with Crippen molar-refractivity contribution in [2.45, 2.75) is 84.7 Å². The van der Waals surface area contributed by atoms with Crippen molar-refractivity contribution in [1.29, 1.82) is 0 Å². The van der Waals surface area contributed by atoms with E-state index in [0.717, 1.165) is 25.5 Å². The summed E-state index contributed by atoms with van der Waals surface area (Å²) in [5, 5.41) is 3.50. The van der Waals surface area contributed by atoms with Crippen molar-refractivity contribution in [3.05, 3.63) is 0 Å². The largest absolute Gasteiger partial charge is 0.374 e. The van der Waals surface area contributed by atoms with Gasteiger partial charge in [0, 0.05) is 12.6 Å². The van der Waals surface area contributed by atoms with Crippen LogP contribution in [0.15, 0.2) is 0 Å². The van der Waals surface area contributed by atoms with E-state index >= 15 is 0 Å². The summed E-state index contributed by atoms with van der Waals surface area (Å²) in [6.45, 7) is 13.1. The molecule has 20 heavy (non-hydrogen) atoms. The van der Waals surface area contributed by atoms with Gasteiger partial charge in [-0.15, -0.1) is 0 Å². The quantitative estimate of drug-likeness (QED) is 0.810. The average Bonchev–Trinajstić information content (AvgIpc) is 2.32. The molecule has 0 aromatic rings. The highest BCUT2D eigenvalue weighted by atomic mass is 16.6. The van der Waals surface area contributed by atoms with Gasteiger partial charge in [-0.2, -0.15) is 0 Å². The van der Waals surface area contributed by atoms with Crippen LogP contribution in [-0.4, -0.2) is 37.5 Å². The third kappa shape index (κ3) is 3.96. The molecule has 0 aromatic heterocycles. The maximum atomic E-state index is 6.41. The lowest BCUT2D eigenvalue weighted by Crippen LogP contribution is -2.61. The first-order valence-electron chi connectivity index (χ1n) is 8.45. The van der Waals surface area contributed by atoms with Crippen molar-refractivity contribution >= 4 is 0 Å². The lowest BCUT2D eigenvalue weighted by atomic mass is 9.71. The highest BCUT2D eigenvalue weighted by Crippen LogP contribution is 2.41. The molecule has 2 rings (SSSR count). The molecule has 3 nitrogen and oxygen atoms in total. The van der Waals surface area contributed by atoms with Gasteiger partial charge in [0.1, 0.15) is 0 Å². The van der Waals surface area contributed by atoms with E-state index in [0.29, 0.717) is 23.7 Å². The zero-order valence-electron chi connectivity index (χ0n) is 13.9. The van der Waals surface area contributed by atoms with Crippen LogP contribution in [0, 0.1) is 11.3 Å². The van der Waals surface area contributed by atoms with Crippen LogP contribution in [0.4, 0.5) is 0 Å². The maximum absolute atomic E-state index is 6.41. The van der Waals surface area contributed by atoms with E-state index in [4.69, 9.17) is 9.47 Å². The van der Waals surface area contributed by atoms with Gasteiger partial charge < -0.3 is 14.8 Å². The molecule has 2 saturated carbocycles. The van der Waals surface area contributed by atoms with Gasteiger partial charge >= 0.3 is 0 Å². The molecular weight excluding hydrogens is 250 g/mol. The second-order valence-corrected chi connectivity index (χ2v) is 7.53. The Morgan fingerprint density at radius 2 is 1.90 bits per heavy atom. The predicted octanol–water partition coefficient (Wildman–Crippen LogP) is 3.37. The van der Waals surface area contributed by atoms with E-state index in [1.807, 2.05) is 0 Å². The average molecular weight is 283 g/mol. The number of ether oxygens (including phenoxy) is 2. The third-order valence-corrected chi connectivity index (χ3v) is 4.79. The molecule has 2 fully saturated rings. The fourth-order valence-corrected chi connectivity index (χ4v) is 4.20. The van der Waals surface area contributed by atoms with Gasteiger partial charge in [-0.05, 0) is 50.5 Å². The minimum Gasteiger partial charge on any atom is -0.374 e. The molecule has 118 valence electrons. The van der Waals surface area contributed by atoms with E-state index in [2.05, 4.69) is 39.9 Å². The van der Waals surface area contributed by atoms with Crippen molar-refractivity contribution in [1.82, 2.24) is 5.32 Å². The molecule has 2 aliphatic carbocycles. The van der Waals surface area contributed by atoms with Crippen LogP contribution in [0.2, 0.25) is 0 Å². The van der Waals surface area contributed by atoms with Crippen molar-refractivity contribution in [2.75, 3.05) is 13.2 Å². The van der Waals surface area contributed by atoms with Crippen LogP contribution in [0.5, 0.6) is 0 Å². The van der Waals surface area contributed by atoms with Crippen molar-refractivity contribution in [2.24, 2.45) is 11.3 Å². The summed E-state index contributed by atoms with van der Waals surface area (Å²) in [5.41, 5.74) is 0.425. The molecule has 0 radical (unpaired) electrons. The highest BCUT2D eigenvalue weighted by Gasteiger charge is 2.44. The molecular formula is C17H33NO2. The monoisotopic (exact) mass is 283 g/mol. The number of hydrogen-bond donors (Lipinski definition) is 1. The molecule has 0 aliphatic heterocycles. The minimum absolute atomic E-state index is 0.250. The molecule has 3 heteroatoms. The molecule has 0 heterocycles. The zero-order valence-corrected chi connectivity index (χ0v) is 13.9. The van der Waals surface area contributed by atoms with E-state index in [1.165, 1.54) is 19.3 Å². The highest BCUT2D eigenvalue weighted by molar-refractivity contribution is 4.98. The summed E-state index contributed by atoms with van der Waals surface area (Å²) in [7, 11) is 0. The van der Waals surface area contributed by atoms with Gasteiger partial charge in [-0.25, -0.2) is 0 Å². The molecule has 1 N–H and O–H groups in total. The van der Waals surface area contributed by atoms with Gasteiger partial charge in [0.05, 0.1) is 18.3 Å². The van der Waals surface area contributed by atoms with Crippen LogP contribution < -0.4 is 5.32 Å². The maximum Gasteiger partial charge on any atom is 0.0990 e. The van der Waals surface area contributed by atoms with E-state index in [9.17, 15) is 0 Å². The molecule has 0 bridgehead atoms. The van der Waals surface area contributed by atoms with Gasteiger partial charge in [-0.1, -0.05) is 27.7 Å². The van der Waals surface area contributed by atoms with Crippen LogP contribution in [0.3, 0.4) is 0 Å². The number of likely N-dealkylation sites (N-methyl/N-ethyl adjacent to an activating group) is 1. The van der Waals surface area contributed by atoms with Crippen LogP contribution in [0.1, 0.15) is 60.3 Å². The summed E-state index contributed by atoms with van der Waals surface area (Å²) in [4.78, 5) is 0. The zero-order chi connectivity index (χ0) is 14.8. The normalized spacial score (nSPS) is 40.4. The number of nitrogens with one attached hydrogen (secondary N) is 1. The summed E-state index contributed by atoms with van der Waals surface area (Å²) in [6, 6.07) is 0.485. The van der Waals surface area contributed by atoms with Gasteiger partial charge in [0.15, 0.2) is 0 Å². The van der Waals surface area contributed by atoms with E-state index in [1.54, 1.807) is 0 Å². The molecule has 0 amide bonds. The smallest absolute Gasteiger partial charge is 0.0990 e. The Labute approximate surface area is 124 Å². The topological polar surface area (TPSA) is 30.5 Å². The van der Waals surface area contributed by atoms with Crippen molar-refractivity contribution < 1.29 is 9.47 Å². The van der Waals surface area contributed by atoms with Crippen LogP contribution in [0.25, 0.3) is 0 Å². The van der Waals surface area contributed by atoms with Crippen LogP contribution >= 0.6 is 0 Å². The lowest BCUT2D eigenvalue weighted by molar-refractivity contribution is -0.179. The molecule has 5 atom stereocenters. The molecule has 5 unspecified atom stereocenters. The summed E-state index contributed by atoms with van der Waals surface area (Å²) >= 11 is 0. The van der Waals surface area contributed by atoms with E-state index in [-0.39, 0.29) is 6.10 Å². The first-order valence-corrected chi connectivity index (χ1v) is 8.45. The minimum atomic E-state index is 0.250. The Morgan fingerprint density at radius 1 is 1.15 bits per heavy atom. The number of rotatable bonds is 6. The second-order valence-electron chi connectivity index (χ2n) is 7.53. The van der Waals surface area contributed by atoms with Gasteiger partial charge in [-0.3, -0.25) is 0 Å². The Balaban J connectivity index is 1.86. The molecule has 0 spiro atoms. The summed E-state index contributed by atoms with van der Waals surface area (Å²) in [5.74, 6) is 0.777. The summed E-state index contributed by atoms with van der Waals surface area (Å²) in [6.07, 6.45) is 5.80. The standard InChI is InChI=1S/C17H33NO2/c1-6-18-14-9-15(16(14)19-7-2)20-13-8-12(3)10-17(4,5)11-13/h12-16,18H,6-11H2,1-5H3. The Bertz CT molecular complexity index is 305. The Morgan fingerprint density at radius 3 is 2.50 bits per heavy atom. The fourth-order valence-electron chi connectivity index (χ4n) is 4.20. The first kappa shape index (κ1) is 16.3. The fraction of sp³-hybridized carbons (Fsp3) is 1.00. The van der Waals surface area contributed by atoms with Gasteiger partial charge in [0.2, 0.25) is 0 Å². The lowest BCUT2D eigenvalue weighted by Gasteiger charge is -2.48. The van der Waals surface area contributed by atoms with E-state index < -0.39 is 0 Å². The first-order chi connectivity index (χ1) is 9.45. The molecule has 2 aliphatic rings. The Hall–Kier alpha value is -0.120. The SMILES string of the molecule is CCNC1CC(OC2CC(C)CC(C)(C)C2)C1OCC. The third-order valence-electron chi connectivity index (χ3n) is 4.79. The van der Waals surface area contributed by atoms with Gasteiger partial charge in [0.25, 0.3) is 0 Å². The van der Waals surface area contributed by atoms with Crippen molar-refractivity contribution in [3.8, 4) is 0 Å². The van der Waals surface area contributed by atoms with Crippen LogP contribution in [-0.2, 0) is 9.47 Å².